The van der Waals surface area contributed by atoms with Crippen LogP contribution < -0.4 is 5.73 Å². The molecule has 0 radical (unpaired) electrons. The lowest BCUT2D eigenvalue weighted by molar-refractivity contribution is 0.0526. The second-order valence-electron chi connectivity index (χ2n) is 3.36. The topological polar surface area (TPSA) is 52.3 Å². The monoisotopic (exact) mass is 207 g/mol. The van der Waals surface area contributed by atoms with Gasteiger partial charge >= 0.3 is 5.97 Å². The van der Waals surface area contributed by atoms with E-state index in [1.807, 2.05) is 19.1 Å². The van der Waals surface area contributed by atoms with Crippen LogP contribution in [0.5, 0.6) is 0 Å². The highest BCUT2D eigenvalue weighted by atomic mass is 16.5. The van der Waals surface area contributed by atoms with Crippen LogP contribution in [0, 0.1) is 0 Å². The standard InChI is InChI=1S/C12H17NO2/c1-3-11(13)9-5-7-10(8-6-9)12(14)15-4-2/h5-8,11H,3-4,13H2,1-2H3. The molecule has 82 valence electrons. The SMILES string of the molecule is CCOC(=O)c1ccc(C(N)CC)cc1. The van der Waals surface area contributed by atoms with Crippen LogP contribution in [0.3, 0.4) is 0 Å². The molecule has 0 bridgehead atoms. The molecule has 0 aromatic heterocycles. The molecule has 1 rings (SSSR count). The molecule has 0 fully saturated rings. The first kappa shape index (κ1) is 11.7. The fraction of sp³-hybridized carbons (Fsp3) is 0.417. The van der Waals surface area contributed by atoms with Gasteiger partial charge in [-0.2, -0.15) is 0 Å². The molecule has 2 N–H and O–H groups in total. The van der Waals surface area contributed by atoms with Crippen molar-refractivity contribution >= 4 is 5.97 Å². The van der Waals surface area contributed by atoms with E-state index < -0.39 is 0 Å². The van der Waals surface area contributed by atoms with Gasteiger partial charge in [-0.05, 0) is 31.0 Å². The molecule has 1 aromatic rings. The Hall–Kier alpha value is -1.35. The first-order valence-electron chi connectivity index (χ1n) is 5.21. The van der Waals surface area contributed by atoms with Gasteiger partial charge in [0.25, 0.3) is 0 Å². The van der Waals surface area contributed by atoms with E-state index in [0.717, 1.165) is 12.0 Å². The second-order valence-corrected chi connectivity index (χ2v) is 3.36. The van der Waals surface area contributed by atoms with Crippen LogP contribution >= 0.6 is 0 Å². The number of nitrogens with two attached hydrogens (primary N) is 1. The van der Waals surface area contributed by atoms with Gasteiger partial charge in [0.1, 0.15) is 0 Å². The van der Waals surface area contributed by atoms with Gasteiger partial charge < -0.3 is 10.5 Å². The lowest BCUT2D eigenvalue weighted by Gasteiger charge is -2.09. The van der Waals surface area contributed by atoms with Gasteiger partial charge in [0, 0.05) is 6.04 Å². The first-order chi connectivity index (χ1) is 7.19. The maximum absolute atomic E-state index is 11.3. The summed E-state index contributed by atoms with van der Waals surface area (Å²) < 4.78 is 4.88. The molecule has 0 saturated heterocycles. The van der Waals surface area contributed by atoms with E-state index in [1.54, 1.807) is 19.1 Å². The Bertz CT molecular complexity index is 319. The Labute approximate surface area is 90.2 Å². The van der Waals surface area contributed by atoms with Gasteiger partial charge in [-0.15, -0.1) is 0 Å². The van der Waals surface area contributed by atoms with Gasteiger partial charge in [0.05, 0.1) is 12.2 Å². The number of rotatable bonds is 4. The van der Waals surface area contributed by atoms with Crippen molar-refractivity contribution in [1.82, 2.24) is 0 Å². The largest absolute Gasteiger partial charge is 0.462 e. The van der Waals surface area contributed by atoms with Crippen molar-refractivity contribution in [3.63, 3.8) is 0 Å². The van der Waals surface area contributed by atoms with Gasteiger partial charge in [0.2, 0.25) is 0 Å². The van der Waals surface area contributed by atoms with E-state index in [1.165, 1.54) is 0 Å². The molecular weight excluding hydrogens is 190 g/mol. The van der Waals surface area contributed by atoms with E-state index in [0.29, 0.717) is 12.2 Å². The maximum atomic E-state index is 11.3. The van der Waals surface area contributed by atoms with Crippen molar-refractivity contribution in [2.75, 3.05) is 6.61 Å². The number of benzene rings is 1. The second kappa shape index (κ2) is 5.51. The van der Waals surface area contributed by atoms with Crippen molar-refractivity contribution < 1.29 is 9.53 Å². The maximum Gasteiger partial charge on any atom is 0.338 e. The highest BCUT2D eigenvalue weighted by Crippen LogP contribution is 2.14. The van der Waals surface area contributed by atoms with E-state index >= 15 is 0 Å². The Balaban J connectivity index is 2.76. The van der Waals surface area contributed by atoms with Crippen molar-refractivity contribution in [3.8, 4) is 0 Å². The number of carbonyl (C=O) groups excluding carboxylic acids is 1. The molecule has 0 aliphatic carbocycles. The van der Waals surface area contributed by atoms with E-state index in [4.69, 9.17) is 10.5 Å². The van der Waals surface area contributed by atoms with Crippen LogP contribution in [0.25, 0.3) is 0 Å². The third-order valence-corrected chi connectivity index (χ3v) is 2.29. The minimum Gasteiger partial charge on any atom is -0.462 e. The summed E-state index contributed by atoms with van der Waals surface area (Å²) in [5.41, 5.74) is 7.48. The summed E-state index contributed by atoms with van der Waals surface area (Å²) in [6, 6.07) is 7.30. The average Bonchev–Trinajstić information content (AvgIpc) is 2.28. The Morgan fingerprint density at radius 3 is 2.40 bits per heavy atom. The van der Waals surface area contributed by atoms with Crippen LogP contribution in [-0.2, 0) is 4.74 Å². The highest BCUT2D eigenvalue weighted by Gasteiger charge is 2.07. The molecular formula is C12H17NO2. The predicted octanol–water partition coefficient (Wildman–Crippen LogP) is 2.27. The molecule has 0 aliphatic rings. The van der Waals surface area contributed by atoms with E-state index in [-0.39, 0.29) is 12.0 Å². The Morgan fingerprint density at radius 1 is 1.33 bits per heavy atom. The summed E-state index contributed by atoms with van der Waals surface area (Å²) in [5, 5.41) is 0. The number of hydrogen-bond donors (Lipinski definition) is 1. The van der Waals surface area contributed by atoms with Gasteiger partial charge in [0.15, 0.2) is 0 Å². The molecule has 1 atom stereocenters. The summed E-state index contributed by atoms with van der Waals surface area (Å²) in [6.07, 6.45) is 0.888. The van der Waals surface area contributed by atoms with Crippen LogP contribution in [0.4, 0.5) is 0 Å². The van der Waals surface area contributed by atoms with Crippen molar-refractivity contribution in [2.45, 2.75) is 26.3 Å². The van der Waals surface area contributed by atoms with Crippen LogP contribution in [0.1, 0.15) is 42.2 Å². The smallest absolute Gasteiger partial charge is 0.338 e. The fourth-order valence-electron chi connectivity index (χ4n) is 1.32. The number of carbonyl (C=O) groups is 1. The molecule has 1 unspecified atom stereocenters. The fourth-order valence-corrected chi connectivity index (χ4v) is 1.32. The zero-order valence-corrected chi connectivity index (χ0v) is 9.19. The molecule has 0 spiro atoms. The molecule has 0 heterocycles. The number of ether oxygens (including phenoxy) is 1. The summed E-state index contributed by atoms with van der Waals surface area (Å²) in [5.74, 6) is -0.283. The minimum atomic E-state index is -0.283. The Kier molecular flexibility index (Phi) is 4.31. The zero-order chi connectivity index (χ0) is 11.3. The van der Waals surface area contributed by atoms with E-state index in [2.05, 4.69) is 0 Å². The van der Waals surface area contributed by atoms with Gasteiger partial charge in [-0.3, -0.25) is 0 Å². The molecule has 15 heavy (non-hydrogen) atoms. The summed E-state index contributed by atoms with van der Waals surface area (Å²) in [7, 11) is 0. The van der Waals surface area contributed by atoms with Gasteiger partial charge in [-0.1, -0.05) is 19.1 Å². The van der Waals surface area contributed by atoms with Crippen molar-refractivity contribution in [3.05, 3.63) is 35.4 Å². The first-order valence-corrected chi connectivity index (χ1v) is 5.21. The number of esters is 1. The van der Waals surface area contributed by atoms with Crippen LogP contribution in [-0.4, -0.2) is 12.6 Å². The van der Waals surface area contributed by atoms with Crippen LogP contribution in [0.2, 0.25) is 0 Å². The summed E-state index contributed by atoms with van der Waals surface area (Å²) in [6.45, 7) is 4.22. The van der Waals surface area contributed by atoms with Crippen molar-refractivity contribution in [1.29, 1.82) is 0 Å². The van der Waals surface area contributed by atoms with Crippen molar-refractivity contribution in [2.24, 2.45) is 5.73 Å². The van der Waals surface area contributed by atoms with Gasteiger partial charge in [-0.25, -0.2) is 4.79 Å². The zero-order valence-electron chi connectivity index (χ0n) is 9.19. The lowest BCUT2D eigenvalue weighted by atomic mass is 10.0. The molecule has 0 aliphatic heterocycles. The normalized spacial score (nSPS) is 12.2. The van der Waals surface area contributed by atoms with E-state index in [9.17, 15) is 4.79 Å². The Morgan fingerprint density at radius 2 is 1.93 bits per heavy atom. The molecule has 0 saturated carbocycles. The third kappa shape index (κ3) is 3.06. The number of hydrogen-bond acceptors (Lipinski definition) is 3. The third-order valence-electron chi connectivity index (χ3n) is 2.29. The highest BCUT2D eigenvalue weighted by molar-refractivity contribution is 5.89. The lowest BCUT2D eigenvalue weighted by Crippen LogP contribution is -2.09. The van der Waals surface area contributed by atoms with Crippen LogP contribution in [0.15, 0.2) is 24.3 Å². The predicted molar refractivity (Wildman–Crippen MR) is 59.6 cm³/mol. The molecule has 3 nitrogen and oxygen atoms in total. The minimum absolute atomic E-state index is 0.0428. The quantitative estimate of drug-likeness (QED) is 0.770. The average molecular weight is 207 g/mol. The summed E-state index contributed by atoms with van der Waals surface area (Å²) in [4.78, 5) is 11.3. The molecule has 3 heteroatoms. The summed E-state index contributed by atoms with van der Waals surface area (Å²) >= 11 is 0. The molecule has 1 aromatic carbocycles. The molecule has 0 amide bonds.